The van der Waals surface area contributed by atoms with Gasteiger partial charge in [0.2, 0.25) is 5.91 Å². The Kier molecular flexibility index (Phi) is 4.16. The Bertz CT molecular complexity index is 446. The molecule has 0 aliphatic carbocycles. The zero-order valence-corrected chi connectivity index (χ0v) is 10.6. The number of nitrogens with zero attached hydrogens (tertiary/aromatic N) is 2. The molecular weight excluding hydrogens is 248 g/mol. The number of aromatic amines is 1. The summed E-state index contributed by atoms with van der Waals surface area (Å²) in [7, 11) is 0. The third-order valence-electron chi connectivity index (χ3n) is 3.39. The first kappa shape index (κ1) is 13.5. The van der Waals surface area contributed by atoms with Gasteiger partial charge >= 0.3 is 5.97 Å². The van der Waals surface area contributed by atoms with Gasteiger partial charge in [0, 0.05) is 31.4 Å². The number of H-pyrrole nitrogens is 1. The molecule has 1 aliphatic rings. The predicted octanol–water partition coefficient (Wildman–Crippen LogP) is -0.397. The lowest BCUT2D eigenvalue weighted by Crippen LogP contribution is -2.49. The molecule has 2 atom stereocenters. The standard InChI is InChI=1S/C12H18N4O3/c13-10(4-9-5-14-7-15-9)11(17)16-3-1-2-8(6-16)12(18)19/h5,7-8,10H,1-4,6,13H2,(H,14,15)(H,18,19)/t8-,10?/m0/s1. The van der Waals surface area contributed by atoms with Crippen LogP contribution in [0.3, 0.4) is 0 Å². The number of carboxylic acids is 1. The Balaban J connectivity index is 1.93. The van der Waals surface area contributed by atoms with Gasteiger partial charge in [-0.1, -0.05) is 0 Å². The number of aliphatic carboxylic acids is 1. The van der Waals surface area contributed by atoms with E-state index in [1.54, 1.807) is 11.1 Å². The fourth-order valence-electron chi connectivity index (χ4n) is 2.33. The molecule has 1 aromatic rings. The van der Waals surface area contributed by atoms with Gasteiger partial charge in [0.25, 0.3) is 0 Å². The first-order chi connectivity index (χ1) is 9.08. The number of carbonyl (C=O) groups is 2. The fourth-order valence-corrected chi connectivity index (χ4v) is 2.33. The van der Waals surface area contributed by atoms with Crippen LogP contribution in [0, 0.1) is 5.92 Å². The van der Waals surface area contributed by atoms with E-state index in [4.69, 9.17) is 10.8 Å². The Labute approximate surface area is 110 Å². The summed E-state index contributed by atoms with van der Waals surface area (Å²) in [5.41, 5.74) is 6.67. The molecule has 1 saturated heterocycles. The number of amides is 1. The van der Waals surface area contributed by atoms with Gasteiger partial charge in [-0.2, -0.15) is 0 Å². The summed E-state index contributed by atoms with van der Waals surface area (Å²) in [6, 6.07) is -0.659. The van der Waals surface area contributed by atoms with Crippen LogP contribution in [-0.4, -0.2) is 51.0 Å². The van der Waals surface area contributed by atoms with Crippen molar-refractivity contribution in [1.82, 2.24) is 14.9 Å². The Morgan fingerprint density at radius 1 is 1.63 bits per heavy atom. The summed E-state index contributed by atoms with van der Waals surface area (Å²) >= 11 is 0. The zero-order valence-electron chi connectivity index (χ0n) is 10.6. The number of nitrogens with one attached hydrogen (secondary N) is 1. The average Bonchev–Trinajstić information content (AvgIpc) is 2.90. The summed E-state index contributed by atoms with van der Waals surface area (Å²) in [4.78, 5) is 31.5. The van der Waals surface area contributed by atoms with Gasteiger partial charge in [-0.3, -0.25) is 9.59 Å². The highest BCUT2D eigenvalue weighted by Crippen LogP contribution is 2.17. The van der Waals surface area contributed by atoms with Gasteiger partial charge in [-0.05, 0) is 12.8 Å². The summed E-state index contributed by atoms with van der Waals surface area (Å²) in [5.74, 6) is -1.52. The number of nitrogens with two attached hydrogens (primary N) is 1. The van der Waals surface area contributed by atoms with Crippen LogP contribution in [0.4, 0.5) is 0 Å². The maximum Gasteiger partial charge on any atom is 0.308 e. The molecule has 2 rings (SSSR count). The topological polar surface area (TPSA) is 112 Å². The van der Waals surface area contributed by atoms with Gasteiger partial charge in [0.1, 0.15) is 0 Å². The van der Waals surface area contributed by atoms with Crippen LogP contribution in [0.1, 0.15) is 18.5 Å². The lowest BCUT2D eigenvalue weighted by Gasteiger charge is -2.32. The quantitative estimate of drug-likeness (QED) is 0.686. The van der Waals surface area contributed by atoms with E-state index in [0.29, 0.717) is 25.8 Å². The van der Waals surface area contributed by atoms with E-state index in [9.17, 15) is 9.59 Å². The summed E-state index contributed by atoms with van der Waals surface area (Å²) in [6.45, 7) is 0.837. The molecule has 7 heteroatoms. The number of piperidine rings is 1. The molecule has 0 saturated carbocycles. The minimum Gasteiger partial charge on any atom is -0.481 e. The monoisotopic (exact) mass is 266 g/mol. The molecule has 0 bridgehead atoms. The predicted molar refractivity (Wildman–Crippen MR) is 67.2 cm³/mol. The van der Waals surface area contributed by atoms with Crippen molar-refractivity contribution in [2.24, 2.45) is 11.7 Å². The summed E-state index contributed by atoms with van der Waals surface area (Å²) in [5, 5.41) is 9.00. The van der Waals surface area contributed by atoms with Crippen molar-refractivity contribution >= 4 is 11.9 Å². The molecule has 0 radical (unpaired) electrons. The number of aromatic nitrogens is 2. The van der Waals surface area contributed by atoms with E-state index in [0.717, 1.165) is 5.69 Å². The number of rotatable bonds is 4. The Morgan fingerprint density at radius 2 is 2.42 bits per heavy atom. The first-order valence-corrected chi connectivity index (χ1v) is 6.32. The second kappa shape index (κ2) is 5.83. The zero-order chi connectivity index (χ0) is 13.8. The van der Waals surface area contributed by atoms with Gasteiger partial charge in [-0.15, -0.1) is 0 Å². The molecule has 1 aliphatic heterocycles. The second-order valence-corrected chi connectivity index (χ2v) is 4.85. The third kappa shape index (κ3) is 3.31. The lowest BCUT2D eigenvalue weighted by atomic mass is 9.97. The van der Waals surface area contributed by atoms with Gasteiger partial charge in [0.05, 0.1) is 18.3 Å². The summed E-state index contributed by atoms with van der Waals surface area (Å²) < 4.78 is 0. The number of carboxylic acid groups (broad SMARTS) is 1. The second-order valence-electron chi connectivity index (χ2n) is 4.85. The van der Waals surface area contributed by atoms with Crippen LogP contribution in [0.5, 0.6) is 0 Å². The SMILES string of the molecule is NC(Cc1cnc[nH]1)C(=O)N1CCC[C@H](C(=O)O)C1. The third-order valence-corrected chi connectivity index (χ3v) is 3.39. The Morgan fingerprint density at radius 3 is 3.05 bits per heavy atom. The van der Waals surface area contributed by atoms with Crippen molar-refractivity contribution in [3.63, 3.8) is 0 Å². The molecule has 19 heavy (non-hydrogen) atoms. The molecule has 104 valence electrons. The lowest BCUT2D eigenvalue weighted by molar-refractivity contribution is -0.146. The van der Waals surface area contributed by atoms with Crippen molar-refractivity contribution in [2.45, 2.75) is 25.3 Å². The molecule has 1 unspecified atom stereocenters. The van der Waals surface area contributed by atoms with E-state index in [-0.39, 0.29) is 12.5 Å². The van der Waals surface area contributed by atoms with E-state index in [2.05, 4.69) is 9.97 Å². The molecule has 0 aromatic carbocycles. The highest BCUT2D eigenvalue weighted by Gasteiger charge is 2.30. The van der Waals surface area contributed by atoms with Crippen LogP contribution in [0.2, 0.25) is 0 Å². The van der Waals surface area contributed by atoms with Gasteiger partial charge in [-0.25, -0.2) is 4.98 Å². The molecule has 0 spiro atoms. The van der Waals surface area contributed by atoms with E-state index in [1.807, 2.05) is 0 Å². The first-order valence-electron chi connectivity index (χ1n) is 6.32. The van der Waals surface area contributed by atoms with E-state index >= 15 is 0 Å². The van der Waals surface area contributed by atoms with Crippen LogP contribution < -0.4 is 5.73 Å². The fraction of sp³-hybridized carbons (Fsp3) is 0.583. The highest BCUT2D eigenvalue weighted by atomic mass is 16.4. The number of imidazole rings is 1. The molecule has 1 aromatic heterocycles. The minimum absolute atomic E-state index is 0.194. The molecule has 4 N–H and O–H groups in total. The maximum absolute atomic E-state index is 12.2. The van der Waals surface area contributed by atoms with E-state index < -0.39 is 17.9 Å². The number of hydrogen-bond acceptors (Lipinski definition) is 4. The minimum atomic E-state index is -0.848. The van der Waals surface area contributed by atoms with Crippen molar-refractivity contribution in [1.29, 1.82) is 0 Å². The largest absolute Gasteiger partial charge is 0.481 e. The van der Waals surface area contributed by atoms with Crippen molar-refractivity contribution in [3.8, 4) is 0 Å². The van der Waals surface area contributed by atoms with Gasteiger partial charge in [0.15, 0.2) is 0 Å². The van der Waals surface area contributed by atoms with Crippen LogP contribution in [-0.2, 0) is 16.0 Å². The van der Waals surface area contributed by atoms with Gasteiger partial charge < -0.3 is 20.7 Å². The highest BCUT2D eigenvalue weighted by molar-refractivity contribution is 5.82. The number of carbonyl (C=O) groups excluding carboxylic acids is 1. The van der Waals surface area contributed by atoms with Crippen LogP contribution >= 0.6 is 0 Å². The van der Waals surface area contributed by atoms with E-state index in [1.165, 1.54) is 6.33 Å². The average molecular weight is 266 g/mol. The van der Waals surface area contributed by atoms with Crippen molar-refractivity contribution < 1.29 is 14.7 Å². The molecule has 1 amide bonds. The normalized spacial score (nSPS) is 21.1. The van der Waals surface area contributed by atoms with Crippen LogP contribution in [0.25, 0.3) is 0 Å². The number of likely N-dealkylation sites (tertiary alicyclic amines) is 1. The van der Waals surface area contributed by atoms with Crippen molar-refractivity contribution in [3.05, 3.63) is 18.2 Å². The maximum atomic E-state index is 12.2. The molecule has 1 fully saturated rings. The van der Waals surface area contributed by atoms with Crippen molar-refractivity contribution in [2.75, 3.05) is 13.1 Å². The smallest absolute Gasteiger partial charge is 0.308 e. The van der Waals surface area contributed by atoms with Crippen LogP contribution in [0.15, 0.2) is 12.5 Å². The molecule has 2 heterocycles. The Hall–Kier alpha value is -1.89. The molecular formula is C12H18N4O3. The summed E-state index contributed by atoms with van der Waals surface area (Å²) in [6.07, 6.45) is 4.87. The molecule has 7 nitrogen and oxygen atoms in total. The number of hydrogen-bond donors (Lipinski definition) is 3.